The molecular formula is C24H21IO. The largest absolute Gasteiger partial charge is 0.480 e. The molecule has 1 unspecified atom stereocenters. The maximum Gasteiger partial charge on any atom is 0.146 e. The third kappa shape index (κ3) is 5.60. The molecule has 0 heterocycles. The molecule has 0 fully saturated rings. The van der Waals surface area contributed by atoms with Crippen LogP contribution in [0.1, 0.15) is 29.2 Å². The van der Waals surface area contributed by atoms with Crippen molar-refractivity contribution in [3.63, 3.8) is 0 Å². The molecule has 1 nitrogen and oxygen atoms in total. The standard InChI is InChI=1S/C24H21IO/c1-19(25)26-24-18-22(13-12-20-8-4-2-5-9-20)15-17-23(24)16-14-21-10-6-3-7-11-21/h2-19H,1H3/b13-12+,16-14+/i25-2. The van der Waals surface area contributed by atoms with Crippen LogP contribution in [0.15, 0.2) is 78.9 Å². The van der Waals surface area contributed by atoms with Gasteiger partial charge < -0.3 is 4.74 Å². The van der Waals surface area contributed by atoms with Gasteiger partial charge in [-0.15, -0.1) is 0 Å². The fourth-order valence-electron chi connectivity index (χ4n) is 2.58. The zero-order chi connectivity index (χ0) is 18.2. The molecule has 0 saturated heterocycles. The molecule has 1 atom stereocenters. The minimum Gasteiger partial charge on any atom is -0.480 e. The van der Waals surface area contributed by atoms with Crippen molar-refractivity contribution in [1.29, 1.82) is 0 Å². The Hall–Kier alpha value is -2.33. The number of halogens is 1. The Morgan fingerprint density at radius 2 is 1.23 bits per heavy atom. The number of ether oxygens (including phenoxy) is 1. The Bertz CT molecular complexity index is 881. The van der Waals surface area contributed by atoms with Gasteiger partial charge in [-0.3, -0.25) is 0 Å². The Balaban J connectivity index is 1.85. The predicted molar refractivity (Wildman–Crippen MR) is 121 cm³/mol. The topological polar surface area (TPSA) is 9.23 Å². The van der Waals surface area contributed by atoms with Crippen molar-refractivity contribution in [1.82, 2.24) is 0 Å². The van der Waals surface area contributed by atoms with E-state index in [9.17, 15) is 0 Å². The summed E-state index contributed by atoms with van der Waals surface area (Å²) < 4.78 is 6.13. The lowest BCUT2D eigenvalue weighted by molar-refractivity contribution is 0.322. The number of hydrogen-bond donors (Lipinski definition) is 0. The Labute approximate surface area is 169 Å². The van der Waals surface area contributed by atoms with E-state index >= 15 is 0 Å². The van der Waals surface area contributed by atoms with Crippen LogP contribution < -0.4 is 4.74 Å². The molecular weight excluding hydrogens is 429 g/mol. The molecule has 0 spiro atoms. The van der Waals surface area contributed by atoms with Gasteiger partial charge in [-0.25, -0.2) is 0 Å². The van der Waals surface area contributed by atoms with E-state index in [-0.39, 0.29) is 4.11 Å². The molecule has 3 rings (SSSR count). The molecule has 3 aromatic carbocycles. The highest BCUT2D eigenvalue weighted by Crippen LogP contribution is 2.26. The van der Waals surface area contributed by atoms with E-state index in [1.807, 2.05) is 43.3 Å². The van der Waals surface area contributed by atoms with Crippen LogP contribution in [0.3, 0.4) is 0 Å². The quantitative estimate of drug-likeness (QED) is 0.220. The van der Waals surface area contributed by atoms with Crippen LogP contribution in [0.5, 0.6) is 5.75 Å². The van der Waals surface area contributed by atoms with Gasteiger partial charge in [0.1, 0.15) is 9.86 Å². The average Bonchev–Trinajstić information content (AvgIpc) is 2.67. The van der Waals surface area contributed by atoms with E-state index in [2.05, 4.69) is 89.4 Å². The van der Waals surface area contributed by atoms with Gasteiger partial charge in [-0.2, -0.15) is 0 Å². The van der Waals surface area contributed by atoms with E-state index < -0.39 is 0 Å². The van der Waals surface area contributed by atoms with Gasteiger partial charge in [0.05, 0.1) is 0 Å². The van der Waals surface area contributed by atoms with Gasteiger partial charge in [0.25, 0.3) is 0 Å². The molecule has 0 aliphatic carbocycles. The molecule has 0 N–H and O–H groups in total. The van der Waals surface area contributed by atoms with Crippen molar-refractivity contribution in [3.8, 4) is 5.75 Å². The number of rotatable bonds is 6. The van der Waals surface area contributed by atoms with Gasteiger partial charge in [-0.1, -0.05) is 97.1 Å². The van der Waals surface area contributed by atoms with Crippen molar-refractivity contribution in [2.24, 2.45) is 0 Å². The first-order valence-electron chi connectivity index (χ1n) is 8.62. The van der Waals surface area contributed by atoms with Crippen molar-refractivity contribution in [2.75, 3.05) is 0 Å². The number of alkyl halides is 1. The first-order valence-corrected chi connectivity index (χ1v) is 9.86. The van der Waals surface area contributed by atoms with Crippen LogP contribution in [0, 0.1) is 0 Å². The Morgan fingerprint density at radius 1 is 0.692 bits per heavy atom. The maximum atomic E-state index is 6.03. The lowest BCUT2D eigenvalue weighted by atomic mass is 10.1. The first kappa shape index (κ1) is 18.5. The smallest absolute Gasteiger partial charge is 0.146 e. The summed E-state index contributed by atoms with van der Waals surface area (Å²) >= 11 is 2.28. The fourth-order valence-corrected chi connectivity index (χ4v) is 2.85. The van der Waals surface area contributed by atoms with Crippen LogP contribution >= 0.6 is 22.6 Å². The zero-order valence-corrected chi connectivity index (χ0v) is 16.8. The molecule has 0 aliphatic rings. The molecule has 0 aliphatic heterocycles. The minimum absolute atomic E-state index is 0.102. The summed E-state index contributed by atoms with van der Waals surface area (Å²) in [7, 11) is 0. The van der Waals surface area contributed by atoms with Crippen molar-refractivity contribution in [2.45, 2.75) is 11.0 Å². The molecule has 0 aromatic heterocycles. The molecule has 26 heavy (non-hydrogen) atoms. The summed E-state index contributed by atoms with van der Waals surface area (Å²) in [5.41, 5.74) is 4.56. The summed E-state index contributed by atoms with van der Waals surface area (Å²) in [6.07, 6.45) is 8.45. The molecule has 0 bridgehead atoms. The third-order valence-corrected chi connectivity index (χ3v) is 4.10. The normalized spacial score (nSPS) is 12.5. The molecule has 2 heteroatoms. The average molecular weight is 450 g/mol. The van der Waals surface area contributed by atoms with E-state index in [0.29, 0.717) is 0 Å². The van der Waals surface area contributed by atoms with Gasteiger partial charge in [-0.05, 0) is 52.3 Å². The van der Waals surface area contributed by atoms with Crippen molar-refractivity contribution >= 4 is 46.9 Å². The molecule has 130 valence electrons. The second-order valence-corrected chi connectivity index (χ2v) is 7.70. The molecule has 0 saturated carbocycles. The summed E-state index contributed by atoms with van der Waals surface area (Å²) in [4.78, 5) is 0. The summed E-state index contributed by atoms with van der Waals surface area (Å²) in [6, 6.07) is 26.9. The highest BCUT2D eigenvalue weighted by Gasteiger charge is 2.05. The first-order chi connectivity index (χ1) is 12.7. The van der Waals surface area contributed by atoms with Crippen LogP contribution in [-0.2, 0) is 0 Å². The second kappa shape index (κ2) is 9.39. The van der Waals surface area contributed by atoms with E-state index in [1.54, 1.807) is 0 Å². The van der Waals surface area contributed by atoms with E-state index in [4.69, 9.17) is 4.74 Å². The van der Waals surface area contributed by atoms with Gasteiger partial charge in [0.15, 0.2) is 0 Å². The molecule has 0 radical (unpaired) electrons. The van der Waals surface area contributed by atoms with Crippen molar-refractivity contribution in [3.05, 3.63) is 101 Å². The van der Waals surface area contributed by atoms with Gasteiger partial charge in [0.2, 0.25) is 0 Å². The molecule has 3 aromatic rings. The highest BCUT2D eigenvalue weighted by atomic mass is 125. The van der Waals surface area contributed by atoms with Crippen LogP contribution in [-0.4, -0.2) is 4.11 Å². The zero-order valence-electron chi connectivity index (χ0n) is 14.7. The summed E-state index contributed by atoms with van der Waals surface area (Å²) in [5.74, 6) is 0.897. The molecule has 0 amide bonds. The number of benzene rings is 3. The van der Waals surface area contributed by atoms with E-state index in [0.717, 1.165) is 16.9 Å². The van der Waals surface area contributed by atoms with Crippen LogP contribution in [0.2, 0.25) is 0 Å². The lowest BCUT2D eigenvalue weighted by Gasteiger charge is -2.12. The van der Waals surface area contributed by atoms with Gasteiger partial charge >= 0.3 is 0 Å². The van der Waals surface area contributed by atoms with Gasteiger partial charge in [0, 0.05) is 5.56 Å². The summed E-state index contributed by atoms with van der Waals surface area (Å²) in [6.45, 7) is 2.04. The third-order valence-electron chi connectivity index (χ3n) is 3.85. The number of hydrogen-bond acceptors (Lipinski definition) is 1. The Morgan fingerprint density at radius 3 is 1.81 bits per heavy atom. The minimum atomic E-state index is 0.102. The van der Waals surface area contributed by atoms with Crippen LogP contribution in [0.4, 0.5) is 0 Å². The fraction of sp³-hybridized carbons (Fsp3) is 0.0833. The van der Waals surface area contributed by atoms with E-state index in [1.165, 1.54) is 11.1 Å². The SMILES string of the molecule is CC([125I])Oc1cc(/C=C/c2ccccc2)ccc1/C=C/c1ccccc1. The second-order valence-electron chi connectivity index (χ2n) is 5.95. The predicted octanol–water partition coefficient (Wildman–Crippen LogP) is 7.19. The lowest BCUT2D eigenvalue weighted by Crippen LogP contribution is -2.03. The monoisotopic (exact) mass is 450 g/mol. The van der Waals surface area contributed by atoms with Crippen LogP contribution in [0.25, 0.3) is 24.3 Å². The van der Waals surface area contributed by atoms with Crippen molar-refractivity contribution < 1.29 is 4.74 Å². The maximum absolute atomic E-state index is 6.03. The summed E-state index contributed by atoms with van der Waals surface area (Å²) in [5, 5.41) is 0. The highest BCUT2D eigenvalue weighted by molar-refractivity contribution is 14.1. The Kier molecular flexibility index (Phi) is 6.67.